The van der Waals surface area contributed by atoms with Gasteiger partial charge in [0, 0.05) is 6.54 Å². The predicted octanol–water partition coefficient (Wildman–Crippen LogP) is 5.10. The molecule has 4 rings (SSSR count). The van der Waals surface area contributed by atoms with E-state index in [1.54, 1.807) is 38.5 Å². The Morgan fingerprint density at radius 3 is 2.03 bits per heavy atom. The summed E-state index contributed by atoms with van der Waals surface area (Å²) in [6.45, 7) is 0.408. The van der Waals surface area contributed by atoms with Crippen LogP contribution < -0.4 is 9.47 Å². The van der Waals surface area contributed by atoms with Crippen molar-refractivity contribution in [3.63, 3.8) is 0 Å². The summed E-state index contributed by atoms with van der Waals surface area (Å²) in [5.74, 6) is 1.09. The molecule has 3 aromatic rings. The van der Waals surface area contributed by atoms with Gasteiger partial charge in [-0.2, -0.15) is 0 Å². The molecule has 0 unspecified atom stereocenters. The summed E-state index contributed by atoms with van der Waals surface area (Å²) in [6.07, 6.45) is 5.48. The first-order valence-corrected chi connectivity index (χ1v) is 10.6. The summed E-state index contributed by atoms with van der Waals surface area (Å²) in [5, 5.41) is 0. The van der Waals surface area contributed by atoms with Crippen LogP contribution in [-0.2, 0) is 6.42 Å². The van der Waals surface area contributed by atoms with Crippen LogP contribution in [0.1, 0.15) is 43.8 Å². The fraction of sp³-hybridized carbons (Fsp3) is 0.185. The smallest absolute Gasteiger partial charge is 0.261 e. The minimum Gasteiger partial charge on any atom is -0.496 e. The number of carbonyl (C=O) groups excluding carboxylic acids is 2. The number of aryl methyl sites for hydroxylation is 1. The Balaban J connectivity index is 1.41. The molecular weight excluding hydrogens is 402 g/mol. The van der Waals surface area contributed by atoms with E-state index in [2.05, 4.69) is 12.1 Å². The molecule has 1 aliphatic heterocycles. The maximum atomic E-state index is 12.5. The lowest BCUT2D eigenvalue weighted by molar-refractivity contribution is 0.0652. The van der Waals surface area contributed by atoms with E-state index in [1.165, 1.54) is 4.90 Å². The number of hydrogen-bond acceptors (Lipinski definition) is 4. The topological polar surface area (TPSA) is 55.8 Å². The average molecular weight is 428 g/mol. The molecule has 1 heterocycles. The number of imide groups is 1. The zero-order valence-corrected chi connectivity index (χ0v) is 18.2. The maximum absolute atomic E-state index is 12.5. The van der Waals surface area contributed by atoms with Crippen LogP contribution in [-0.4, -0.2) is 37.5 Å². The van der Waals surface area contributed by atoms with Gasteiger partial charge < -0.3 is 9.47 Å². The Morgan fingerprint density at radius 2 is 1.41 bits per heavy atom. The monoisotopic (exact) mass is 427 g/mol. The SMILES string of the molecule is COc1cccc(OC)c1C=Cc1cccc(CCCN2C(=O)c3ccccc3C2=O)c1. The van der Waals surface area contributed by atoms with Crippen molar-refractivity contribution in [2.45, 2.75) is 12.8 Å². The molecule has 162 valence electrons. The third-order valence-electron chi connectivity index (χ3n) is 5.58. The van der Waals surface area contributed by atoms with Gasteiger partial charge in [-0.1, -0.05) is 48.5 Å². The molecule has 5 nitrogen and oxygen atoms in total. The standard InChI is InChI=1S/C27H25NO4/c1-31-24-13-6-14-25(32-2)23(24)16-15-20-9-5-8-19(18-20)10-7-17-28-26(29)21-11-3-4-12-22(21)27(28)30/h3-6,8-9,11-16,18H,7,10,17H2,1-2H3. The normalized spacial score (nSPS) is 13.0. The highest BCUT2D eigenvalue weighted by molar-refractivity contribution is 6.21. The summed E-state index contributed by atoms with van der Waals surface area (Å²) in [4.78, 5) is 26.4. The number of fused-ring (bicyclic) bond motifs is 1. The molecule has 0 aliphatic carbocycles. The van der Waals surface area contributed by atoms with Crippen LogP contribution in [0.15, 0.2) is 66.7 Å². The highest BCUT2D eigenvalue weighted by atomic mass is 16.5. The Labute approximate surface area is 187 Å². The van der Waals surface area contributed by atoms with E-state index in [-0.39, 0.29) is 11.8 Å². The molecule has 0 saturated carbocycles. The highest BCUT2D eigenvalue weighted by Crippen LogP contribution is 2.30. The summed E-state index contributed by atoms with van der Waals surface area (Å²) >= 11 is 0. The van der Waals surface area contributed by atoms with Crippen LogP contribution in [0.5, 0.6) is 11.5 Å². The van der Waals surface area contributed by atoms with Crippen LogP contribution in [0.4, 0.5) is 0 Å². The Bertz CT molecular complexity index is 1120. The van der Waals surface area contributed by atoms with E-state index < -0.39 is 0 Å². The number of amides is 2. The maximum Gasteiger partial charge on any atom is 0.261 e. The molecule has 2 amide bonds. The summed E-state index contributed by atoms with van der Waals surface area (Å²) < 4.78 is 10.9. The van der Waals surface area contributed by atoms with Crippen molar-refractivity contribution in [2.75, 3.05) is 20.8 Å². The molecule has 3 aromatic carbocycles. The molecule has 32 heavy (non-hydrogen) atoms. The lowest BCUT2D eigenvalue weighted by atomic mass is 10.0. The van der Waals surface area contributed by atoms with E-state index >= 15 is 0 Å². The van der Waals surface area contributed by atoms with Gasteiger partial charge in [0.2, 0.25) is 0 Å². The third kappa shape index (κ3) is 4.28. The number of ether oxygens (including phenoxy) is 2. The number of hydrogen-bond donors (Lipinski definition) is 0. The second kappa shape index (κ2) is 9.52. The van der Waals surface area contributed by atoms with Gasteiger partial charge in [-0.05, 0) is 54.3 Å². The molecule has 0 aromatic heterocycles. The zero-order valence-electron chi connectivity index (χ0n) is 18.2. The van der Waals surface area contributed by atoms with Crippen molar-refractivity contribution in [1.29, 1.82) is 0 Å². The van der Waals surface area contributed by atoms with Crippen molar-refractivity contribution >= 4 is 24.0 Å². The van der Waals surface area contributed by atoms with Gasteiger partial charge in [0.05, 0.1) is 30.9 Å². The lowest BCUT2D eigenvalue weighted by Gasteiger charge is -2.13. The Kier molecular flexibility index (Phi) is 6.36. The minimum absolute atomic E-state index is 0.201. The molecule has 0 radical (unpaired) electrons. The van der Waals surface area contributed by atoms with Crippen LogP contribution >= 0.6 is 0 Å². The van der Waals surface area contributed by atoms with E-state index in [0.29, 0.717) is 24.1 Å². The third-order valence-corrected chi connectivity index (χ3v) is 5.58. The first-order chi connectivity index (χ1) is 15.6. The fourth-order valence-corrected chi connectivity index (χ4v) is 3.96. The number of rotatable bonds is 8. The van der Waals surface area contributed by atoms with E-state index in [4.69, 9.17) is 9.47 Å². The Hall–Kier alpha value is -3.86. The molecule has 0 bridgehead atoms. The molecule has 1 aliphatic rings. The van der Waals surface area contributed by atoms with Crippen LogP contribution in [0.25, 0.3) is 12.2 Å². The van der Waals surface area contributed by atoms with Crippen molar-refractivity contribution in [3.05, 3.63) is 94.5 Å². The molecule has 0 N–H and O–H groups in total. The van der Waals surface area contributed by atoms with E-state index in [1.807, 2.05) is 42.5 Å². The number of nitrogens with zero attached hydrogens (tertiary/aromatic N) is 1. The second-order valence-electron chi connectivity index (χ2n) is 7.57. The van der Waals surface area contributed by atoms with Gasteiger partial charge in [-0.15, -0.1) is 0 Å². The van der Waals surface area contributed by atoms with Gasteiger partial charge in [-0.25, -0.2) is 0 Å². The van der Waals surface area contributed by atoms with Crippen molar-refractivity contribution in [2.24, 2.45) is 0 Å². The molecule has 5 heteroatoms. The van der Waals surface area contributed by atoms with Gasteiger partial charge in [0.25, 0.3) is 11.8 Å². The molecular formula is C27H25NO4. The van der Waals surface area contributed by atoms with Gasteiger partial charge in [0.1, 0.15) is 11.5 Å². The average Bonchev–Trinajstić information content (AvgIpc) is 3.07. The van der Waals surface area contributed by atoms with Crippen LogP contribution in [0.3, 0.4) is 0 Å². The van der Waals surface area contributed by atoms with Crippen LogP contribution in [0.2, 0.25) is 0 Å². The quantitative estimate of drug-likeness (QED) is 0.371. The lowest BCUT2D eigenvalue weighted by Crippen LogP contribution is -2.30. The largest absolute Gasteiger partial charge is 0.496 e. The van der Waals surface area contributed by atoms with Gasteiger partial charge >= 0.3 is 0 Å². The summed E-state index contributed by atoms with van der Waals surface area (Å²) in [7, 11) is 3.28. The summed E-state index contributed by atoms with van der Waals surface area (Å²) in [5.41, 5.74) is 4.08. The van der Waals surface area contributed by atoms with Crippen LogP contribution in [0, 0.1) is 0 Å². The number of benzene rings is 3. The predicted molar refractivity (Wildman–Crippen MR) is 125 cm³/mol. The molecule has 0 saturated heterocycles. The van der Waals surface area contributed by atoms with Crippen molar-refractivity contribution < 1.29 is 19.1 Å². The number of methoxy groups -OCH3 is 2. The molecule has 0 spiro atoms. The minimum atomic E-state index is -0.201. The summed E-state index contributed by atoms with van der Waals surface area (Å²) in [6, 6.07) is 20.9. The highest BCUT2D eigenvalue weighted by Gasteiger charge is 2.34. The zero-order chi connectivity index (χ0) is 22.5. The molecule has 0 fully saturated rings. The van der Waals surface area contributed by atoms with Crippen molar-refractivity contribution in [3.8, 4) is 11.5 Å². The Morgan fingerprint density at radius 1 is 0.781 bits per heavy atom. The first-order valence-electron chi connectivity index (χ1n) is 10.6. The van der Waals surface area contributed by atoms with Crippen molar-refractivity contribution in [1.82, 2.24) is 4.90 Å². The van der Waals surface area contributed by atoms with Gasteiger partial charge in [0.15, 0.2) is 0 Å². The second-order valence-corrected chi connectivity index (χ2v) is 7.57. The van der Waals surface area contributed by atoms with Gasteiger partial charge in [-0.3, -0.25) is 14.5 Å². The number of carbonyl (C=O) groups is 2. The first kappa shape index (κ1) is 21.4. The van der Waals surface area contributed by atoms with E-state index in [9.17, 15) is 9.59 Å². The fourth-order valence-electron chi connectivity index (χ4n) is 3.96. The van der Waals surface area contributed by atoms with E-state index in [0.717, 1.165) is 34.6 Å². The molecule has 0 atom stereocenters.